The van der Waals surface area contributed by atoms with Crippen LogP contribution in [0, 0.1) is 0 Å². The van der Waals surface area contributed by atoms with Gasteiger partial charge in [-0.2, -0.15) is 0 Å². The highest BCUT2D eigenvalue weighted by Crippen LogP contribution is 2.51. The van der Waals surface area contributed by atoms with Gasteiger partial charge >= 0.3 is 0 Å². The molecule has 0 spiro atoms. The van der Waals surface area contributed by atoms with Gasteiger partial charge in [0.25, 0.3) is 0 Å². The standard InChI is InChI=1S/C14H15NO/c1-10(16)14(6-7-14)12-4-5-13-11(9-12)3-2-8-15-13/h2-5,8-10,16H,6-7H2,1H3. The summed E-state index contributed by atoms with van der Waals surface area (Å²) in [7, 11) is 0. The van der Waals surface area contributed by atoms with Crippen LogP contribution in [0.25, 0.3) is 10.9 Å². The Balaban J connectivity index is 2.12. The van der Waals surface area contributed by atoms with Gasteiger partial charge in [-0.3, -0.25) is 4.98 Å². The van der Waals surface area contributed by atoms with Gasteiger partial charge in [-0.25, -0.2) is 0 Å². The molecule has 1 unspecified atom stereocenters. The average molecular weight is 213 g/mol. The van der Waals surface area contributed by atoms with Gasteiger partial charge in [0.15, 0.2) is 0 Å². The second kappa shape index (κ2) is 3.29. The molecule has 1 atom stereocenters. The number of fused-ring (bicyclic) bond motifs is 1. The summed E-state index contributed by atoms with van der Waals surface area (Å²) in [6.07, 6.45) is 3.73. The summed E-state index contributed by atoms with van der Waals surface area (Å²) >= 11 is 0. The Kier molecular flexibility index (Phi) is 2.01. The van der Waals surface area contributed by atoms with Crippen LogP contribution < -0.4 is 0 Å². The summed E-state index contributed by atoms with van der Waals surface area (Å²) in [5, 5.41) is 11.0. The molecule has 0 bridgehead atoms. The summed E-state index contributed by atoms with van der Waals surface area (Å²) in [5.74, 6) is 0. The van der Waals surface area contributed by atoms with Crippen LogP contribution in [-0.2, 0) is 5.41 Å². The van der Waals surface area contributed by atoms with Gasteiger partial charge in [0.2, 0.25) is 0 Å². The number of nitrogens with zero attached hydrogens (tertiary/aromatic N) is 1. The maximum Gasteiger partial charge on any atom is 0.0702 e. The second-order valence-electron chi connectivity index (χ2n) is 4.74. The Labute approximate surface area is 94.9 Å². The highest BCUT2D eigenvalue weighted by Gasteiger charge is 2.48. The molecule has 1 aromatic carbocycles. The highest BCUT2D eigenvalue weighted by atomic mass is 16.3. The van der Waals surface area contributed by atoms with Crippen molar-refractivity contribution in [1.82, 2.24) is 4.98 Å². The lowest BCUT2D eigenvalue weighted by Gasteiger charge is -2.19. The first-order chi connectivity index (χ1) is 7.72. The van der Waals surface area contributed by atoms with Crippen molar-refractivity contribution < 1.29 is 5.11 Å². The fraction of sp³-hybridized carbons (Fsp3) is 0.357. The molecule has 82 valence electrons. The van der Waals surface area contributed by atoms with E-state index in [0.717, 1.165) is 23.7 Å². The molecule has 1 saturated carbocycles. The van der Waals surface area contributed by atoms with Gasteiger partial charge in [-0.05, 0) is 43.5 Å². The fourth-order valence-electron chi connectivity index (χ4n) is 2.47. The lowest BCUT2D eigenvalue weighted by atomic mass is 9.90. The van der Waals surface area contributed by atoms with Crippen molar-refractivity contribution in [3.63, 3.8) is 0 Å². The van der Waals surface area contributed by atoms with Gasteiger partial charge < -0.3 is 5.11 Å². The Morgan fingerprint density at radius 2 is 2.12 bits per heavy atom. The van der Waals surface area contributed by atoms with Crippen molar-refractivity contribution in [2.75, 3.05) is 0 Å². The quantitative estimate of drug-likeness (QED) is 0.832. The van der Waals surface area contributed by atoms with Gasteiger partial charge in [-0.1, -0.05) is 12.1 Å². The Morgan fingerprint density at radius 3 is 2.81 bits per heavy atom. The lowest BCUT2D eigenvalue weighted by Crippen LogP contribution is -2.22. The Morgan fingerprint density at radius 1 is 1.31 bits per heavy atom. The molecule has 1 aliphatic rings. The first kappa shape index (κ1) is 9.79. The smallest absolute Gasteiger partial charge is 0.0702 e. The van der Waals surface area contributed by atoms with Gasteiger partial charge in [0.1, 0.15) is 0 Å². The summed E-state index contributed by atoms with van der Waals surface area (Å²) in [6.45, 7) is 1.89. The molecule has 2 heteroatoms. The molecule has 3 rings (SSSR count). The molecule has 1 heterocycles. The van der Waals surface area contributed by atoms with Crippen LogP contribution in [-0.4, -0.2) is 16.2 Å². The van der Waals surface area contributed by atoms with Crippen molar-refractivity contribution in [2.24, 2.45) is 0 Å². The van der Waals surface area contributed by atoms with Crippen molar-refractivity contribution >= 4 is 10.9 Å². The predicted octanol–water partition coefficient (Wildman–Crippen LogP) is 2.65. The molecule has 0 amide bonds. The third-order valence-electron chi connectivity index (χ3n) is 3.77. The highest BCUT2D eigenvalue weighted by molar-refractivity contribution is 5.79. The summed E-state index contributed by atoms with van der Waals surface area (Å²) in [5.41, 5.74) is 2.29. The molecule has 1 aliphatic carbocycles. The van der Waals surface area contributed by atoms with Crippen LogP contribution in [0.1, 0.15) is 25.3 Å². The lowest BCUT2D eigenvalue weighted by molar-refractivity contribution is 0.151. The van der Waals surface area contributed by atoms with Crippen LogP contribution in [0.4, 0.5) is 0 Å². The van der Waals surface area contributed by atoms with Crippen LogP contribution in [0.3, 0.4) is 0 Å². The van der Waals surface area contributed by atoms with Crippen LogP contribution >= 0.6 is 0 Å². The zero-order chi connectivity index (χ0) is 11.2. The number of pyridine rings is 1. The molecule has 0 radical (unpaired) electrons. The minimum Gasteiger partial charge on any atom is -0.392 e. The number of hydrogen-bond donors (Lipinski definition) is 1. The molecule has 2 nitrogen and oxygen atoms in total. The monoisotopic (exact) mass is 213 g/mol. The van der Waals surface area contributed by atoms with Gasteiger partial charge in [0, 0.05) is 17.0 Å². The topological polar surface area (TPSA) is 33.1 Å². The molecule has 1 aromatic heterocycles. The molecule has 16 heavy (non-hydrogen) atoms. The molecular formula is C14H15NO. The maximum absolute atomic E-state index is 9.85. The van der Waals surface area contributed by atoms with E-state index in [2.05, 4.69) is 23.2 Å². The first-order valence-corrected chi connectivity index (χ1v) is 5.76. The van der Waals surface area contributed by atoms with Gasteiger partial charge in [-0.15, -0.1) is 0 Å². The number of benzene rings is 1. The molecule has 0 saturated heterocycles. The molecule has 1 fully saturated rings. The van der Waals surface area contributed by atoms with E-state index in [1.54, 1.807) is 0 Å². The SMILES string of the molecule is CC(O)C1(c2ccc3ncccc3c2)CC1. The van der Waals surface area contributed by atoms with E-state index >= 15 is 0 Å². The third kappa shape index (κ3) is 1.34. The second-order valence-corrected chi connectivity index (χ2v) is 4.74. The molecule has 0 aliphatic heterocycles. The number of hydrogen-bond acceptors (Lipinski definition) is 2. The largest absolute Gasteiger partial charge is 0.392 e. The van der Waals surface area contributed by atoms with E-state index in [0.29, 0.717) is 0 Å². The van der Waals surface area contributed by atoms with E-state index < -0.39 is 0 Å². The summed E-state index contributed by atoms with van der Waals surface area (Å²) in [4.78, 5) is 4.31. The first-order valence-electron chi connectivity index (χ1n) is 5.76. The normalized spacial score (nSPS) is 19.6. The Hall–Kier alpha value is -1.41. The molecule has 1 N–H and O–H groups in total. The Bertz CT molecular complexity index is 529. The fourth-order valence-corrected chi connectivity index (χ4v) is 2.47. The molecule has 2 aromatic rings. The number of aliphatic hydroxyl groups is 1. The average Bonchev–Trinajstić information content (AvgIpc) is 3.09. The van der Waals surface area contributed by atoms with Crippen LogP contribution in [0.15, 0.2) is 36.5 Å². The van der Waals surface area contributed by atoms with Crippen molar-refractivity contribution in [3.8, 4) is 0 Å². The van der Waals surface area contributed by atoms with E-state index in [9.17, 15) is 5.11 Å². The minimum atomic E-state index is -0.262. The predicted molar refractivity (Wildman–Crippen MR) is 64.3 cm³/mol. The zero-order valence-electron chi connectivity index (χ0n) is 9.35. The van der Waals surface area contributed by atoms with E-state index in [1.165, 1.54) is 5.56 Å². The zero-order valence-corrected chi connectivity index (χ0v) is 9.35. The van der Waals surface area contributed by atoms with Crippen LogP contribution in [0.5, 0.6) is 0 Å². The van der Waals surface area contributed by atoms with E-state index in [4.69, 9.17) is 0 Å². The van der Waals surface area contributed by atoms with Gasteiger partial charge in [0.05, 0.1) is 11.6 Å². The minimum absolute atomic E-state index is 0.0179. The summed E-state index contributed by atoms with van der Waals surface area (Å²) < 4.78 is 0. The van der Waals surface area contributed by atoms with Crippen LogP contribution in [0.2, 0.25) is 0 Å². The number of rotatable bonds is 2. The third-order valence-corrected chi connectivity index (χ3v) is 3.77. The van der Waals surface area contributed by atoms with Crippen molar-refractivity contribution in [2.45, 2.75) is 31.3 Å². The van der Waals surface area contributed by atoms with Crippen molar-refractivity contribution in [3.05, 3.63) is 42.1 Å². The van der Waals surface area contributed by atoms with E-state index in [1.807, 2.05) is 25.3 Å². The number of aromatic nitrogens is 1. The summed E-state index contributed by atoms with van der Waals surface area (Å²) in [6, 6.07) is 10.3. The molecular weight excluding hydrogens is 198 g/mol. The van der Waals surface area contributed by atoms with Crippen molar-refractivity contribution in [1.29, 1.82) is 0 Å². The number of aliphatic hydroxyl groups excluding tert-OH is 1. The van der Waals surface area contributed by atoms with E-state index in [-0.39, 0.29) is 11.5 Å². The maximum atomic E-state index is 9.85.